The van der Waals surface area contributed by atoms with Crippen LogP contribution in [0, 0.1) is 0 Å². The number of nitrogens with zero attached hydrogens (tertiary/aromatic N) is 1. The Kier molecular flexibility index (Phi) is 4.87. The van der Waals surface area contributed by atoms with E-state index in [2.05, 4.69) is 6.58 Å². The van der Waals surface area contributed by atoms with Crippen LogP contribution in [0.1, 0.15) is 0 Å². The van der Waals surface area contributed by atoms with Crippen molar-refractivity contribution in [3.05, 3.63) is 65.5 Å². The molecule has 0 atom stereocenters. The second-order valence-electron chi connectivity index (χ2n) is 4.38. The predicted molar refractivity (Wildman–Crippen MR) is 77.8 cm³/mol. The Labute approximate surface area is 121 Å². The molecular formula is C16H15F2NO2. The lowest BCUT2D eigenvalue weighted by Crippen LogP contribution is -2.23. The van der Waals surface area contributed by atoms with E-state index in [1.807, 2.05) is 0 Å². The van der Waals surface area contributed by atoms with E-state index in [-0.39, 0.29) is 0 Å². The number of pyridine rings is 1. The van der Waals surface area contributed by atoms with Crippen LogP contribution < -0.4 is 10.3 Å². The monoisotopic (exact) mass is 291 g/mol. The third kappa shape index (κ3) is 3.78. The standard InChI is InChI=1S/C16H15F2NO2/c1-2-10-21-13-8-6-12(7-9-13)14-4-3-5-16(20)19(14)11-15(17)18/h2-9,15H,1,10-11H2. The minimum Gasteiger partial charge on any atom is -0.490 e. The van der Waals surface area contributed by atoms with Gasteiger partial charge in [-0.15, -0.1) is 0 Å². The van der Waals surface area contributed by atoms with Gasteiger partial charge in [0.05, 0.1) is 12.2 Å². The number of halogens is 2. The third-order valence-electron chi connectivity index (χ3n) is 2.89. The largest absolute Gasteiger partial charge is 0.490 e. The molecule has 0 saturated heterocycles. The van der Waals surface area contributed by atoms with Gasteiger partial charge in [0.15, 0.2) is 0 Å². The van der Waals surface area contributed by atoms with Crippen LogP contribution in [0.2, 0.25) is 0 Å². The topological polar surface area (TPSA) is 31.2 Å². The molecule has 21 heavy (non-hydrogen) atoms. The molecule has 5 heteroatoms. The minimum absolute atomic E-state index is 0.390. The van der Waals surface area contributed by atoms with E-state index in [0.717, 1.165) is 4.57 Å². The first-order valence-corrected chi connectivity index (χ1v) is 6.44. The number of ether oxygens (including phenoxy) is 1. The van der Waals surface area contributed by atoms with Crippen LogP contribution in [0.25, 0.3) is 11.3 Å². The normalized spacial score (nSPS) is 10.6. The maximum atomic E-state index is 12.6. The first kappa shape index (κ1) is 15.0. The second-order valence-corrected chi connectivity index (χ2v) is 4.38. The lowest BCUT2D eigenvalue weighted by atomic mass is 10.1. The Hall–Kier alpha value is -2.43. The number of alkyl halides is 2. The summed E-state index contributed by atoms with van der Waals surface area (Å²) in [5.74, 6) is 0.650. The molecule has 0 N–H and O–H groups in total. The molecule has 0 amide bonds. The van der Waals surface area contributed by atoms with E-state index in [1.54, 1.807) is 42.5 Å². The molecule has 0 spiro atoms. The summed E-state index contributed by atoms with van der Waals surface area (Å²) in [6.45, 7) is 3.32. The van der Waals surface area contributed by atoms with Crippen LogP contribution in [0.3, 0.4) is 0 Å². The summed E-state index contributed by atoms with van der Waals surface area (Å²) in [6, 6.07) is 11.4. The lowest BCUT2D eigenvalue weighted by molar-refractivity contribution is 0.126. The molecule has 0 aliphatic rings. The highest BCUT2D eigenvalue weighted by molar-refractivity contribution is 5.60. The van der Waals surface area contributed by atoms with Crippen LogP contribution in [0.15, 0.2) is 59.9 Å². The molecule has 0 unspecified atom stereocenters. The molecule has 0 aliphatic carbocycles. The highest BCUT2D eigenvalue weighted by Crippen LogP contribution is 2.22. The fourth-order valence-electron chi connectivity index (χ4n) is 1.98. The number of hydrogen-bond donors (Lipinski definition) is 0. The van der Waals surface area contributed by atoms with Crippen molar-refractivity contribution in [1.82, 2.24) is 4.57 Å². The fraction of sp³-hybridized carbons (Fsp3) is 0.188. The lowest BCUT2D eigenvalue weighted by Gasteiger charge is -2.12. The first-order chi connectivity index (χ1) is 10.1. The zero-order valence-electron chi connectivity index (χ0n) is 11.3. The SMILES string of the molecule is C=CCOc1ccc(-c2cccc(=O)n2CC(F)F)cc1. The van der Waals surface area contributed by atoms with Crippen molar-refractivity contribution in [2.24, 2.45) is 0 Å². The van der Waals surface area contributed by atoms with E-state index >= 15 is 0 Å². The minimum atomic E-state index is -2.58. The molecule has 0 radical (unpaired) electrons. The van der Waals surface area contributed by atoms with Gasteiger partial charge in [-0.25, -0.2) is 8.78 Å². The Bertz CT molecular complexity index is 663. The molecule has 0 bridgehead atoms. The summed E-state index contributed by atoms with van der Waals surface area (Å²) in [5.41, 5.74) is 0.692. The molecule has 0 saturated carbocycles. The number of hydrogen-bond acceptors (Lipinski definition) is 2. The van der Waals surface area contributed by atoms with E-state index in [4.69, 9.17) is 4.74 Å². The highest BCUT2D eigenvalue weighted by atomic mass is 19.3. The van der Waals surface area contributed by atoms with Crippen molar-refractivity contribution in [1.29, 1.82) is 0 Å². The van der Waals surface area contributed by atoms with Gasteiger partial charge in [-0.05, 0) is 35.9 Å². The Morgan fingerprint density at radius 3 is 2.52 bits per heavy atom. The van der Waals surface area contributed by atoms with Crippen molar-refractivity contribution >= 4 is 0 Å². The van der Waals surface area contributed by atoms with E-state index in [0.29, 0.717) is 23.6 Å². The molecule has 3 nitrogen and oxygen atoms in total. The van der Waals surface area contributed by atoms with Crippen molar-refractivity contribution in [2.75, 3.05) is 6.61 Å². The van der Waals surface area contributed by atoms with Gasteiger partial charge in [0, 0.05) is 6.07 Å². The third-order valence-corrected chi connectivity index (χ3v) is 2.89. The number of rotatable bonds is 6. The molecule has 1 heterocycles. The van der Waals surface area contributed by atoms with Crippen LogP contribution in [0.4, 0.5) is 8.78 Å². The maximum absolute atomic E-state index is 12.6. The molecule has 2 aromatic rings. The van der Waals surface area contributed by atoms with Crippen molar-refractivity contribution in [2.45, 2.75) is 13.0 Å². The van der Waals surface area contributed by atoms with Gasteiger partial charge in [0.25, 0.3) is 12.0 Å². The van der Waals surface area contributed by atoms with Gasteiger partial charge in [0.1, 0.15) is 12.4 Å². The summed E-state index contributed by atoms with van der Waals surface area (Å²) in [5, 5.41) is 0. The molecule has 1 aromatic heterocycles. The van der Waals surface area contributed by atoms with Crippen LogP contribution in [-0.4, -0.2) is 17.6 Å². The van der Waals surface area contributed by atoms with Crippen molar-refractivity contribution < 1.29 is 13.5 Å². The summed E-state index contributed by atoms with van der Waals surface area (Å²) >= 11 is 0. The molecule has 0 fully saturated rings. The van der Waals surface area contributed by atoms with E-state index in [1.165, 1.54) is 6.07 Å². The number of benzene rings is 1. The van der Waals surface area contributed by atoms with Gasteiger partial charge < -0.3 is 9.30 Å². The highest BCUT2D eigenvalue weighted by Gasteiger charge is 2.11. The fourth-order valence-corrected chi connectivity index (χ4v) is 1.98. The maximum Gasteiger partial charge on any atom is 0.256 e. The first-order valence-electron chi connectivity index (χ1n) is 6.44. The molecule has 110 valence electrons. The van der Waals surface area contributed by atoms with Crippen molar-refractivity contribution in [3.63, 3.8) is 0 Å². The summed E-state index contributed by atoms with van der Waals surface area (Å²) in [4.78, 5) is 11.8. The number of aromatic nitrogens is 1. The molecule has 2 rings (SSSR count). The van der Waals surface area contributed by atoms with Crippen LogP contribution >= 0.6 is 0 Å². The van der Waals surface area contributed by atoms with Gasteiger partial charge >= 0.3 is 0 Å². The Morgan fingerprint density at radius 1 is 1.19 bits per heavy atom. The van der Waals surface area contributed by atoms with Gasteiger partial charge in [0.2, 0.25) is 0 Å². The average Bonchev–Trinajstić information content (AvgIpc) is 2.47. The van der Waals surface area contributed by atoms with Crippen molar-refractivity contribution in [3.8, 4) is 17.0 Å². The summed E-state index contributed by atoms with van der Waals surface area (Å²) in [6.07, 6.45) is -0.954. The quantitative estimate of drug-likeness (QED) is 0.764. The smallest absolute Gasteiger partial charge is 0.256 e. The average molecular weight is 291 g/mol. The zero-order chi connectivity index (χ0) is 15.2. The van der Waals surface area contributed by atoms with Gasteiger partial charge in [-0.2, -0.15) is 0 Å². The molecule has 0 aliphatic heterocycles. The second kappa shape index (κ2) is 6.83. The van der Waals surface area contributed by atoms with E-state index < -0.39 is 18.5 Å². The van der Waals surface area contributed by atoms with Crippen LogP contribution in [-0.2, 0) is 6.54 Å². The van der Waals surface area contributed by atoms with Gasteiger partial charge in [-0.1, -0.05) is 18.7 Å². The Balaban J connectivity index is 2.35. The van der Waals surface area contributed by atoms with Gasteiger partial charge in [-0.3, -0.25) is 4.79 Å². The summed E-state index contributed by atoms with van der Waals surface area (Å²) < 4.78 is 31.7. The van der Waals surface area contributed by atoms with Crippen LogP contribution in [0.5, 0.6) is 5.75 Å². The Morgan fingerprint density at radius 2 is 1.90 bits per heavy atom. The van der Waals surface area contributed by atoms with E-state index in [9.17, 15) is 13.6 Å². The summed E-state index contributed by atoms with van der Waals surface area (Å²) in [7, 11) is 0. The molecule has 1 aromatic carbocycles. The zero-order valence-corrected chi connectivity index (χ0v) is 11.3. The molecular weight excluding hydrogens is 276 g/mol. The predicted octanol–water partition coefficient (Wildman–Crippen LogP) is 3.35.